The van der Waals surface area contributed by atoms with E-state index in [2.05, 4.69) is 40.5 Å². The molecule has 4 heterocycles. The van der Waals surface area contributed by atoms with Crippen molar-refractivity contribution in [2.75, 3.05) is 29.2 Å². The van der Waals surface area contributed by atoms with Gasteiger partial charge in [-0.2, -0.15) is 28.7 Å². The number of halogens is 5. The van der Waals surface area contributed by atoms with Gasteiger partial charge in [-0.1, -0.05) is 23.7 Å². The van der Waals surface area contributed by atoms with E-state index in [1.165, 1.54) is 40.5 Å². The summed E-state index contributed by atoms with van der Waals surface area (Å²) in [6.45, 7) is 3.43. The molecule has 8 rings (SSSR count). The maximum Gasteiger partial charge on any atom is 0.239 e. The Morgan fingerprint density at radius 2 is 1.07 bits per heavy atom. The summed E-state index contributed by atoms with van der Waals surface area (Å²) in [7, 11) is 1.53. The van der Waals surface area contributed by atoms with Crippen molar-refractivity contribution in [1.82, 2.24) is 39.0 Å². The van der Waals surface area contributed by atoms with Crippen molar-refractivity contribution in [2.45, 2.75) is 13.8 Å². The molecule has 0 atom stereocenters. The van der Waals surface area contributed by atoms with Gasteiger partial charge in [0, 0.05) is 34.6 Å². The Morgan fingerprint density at radius 3 is 1.55 bits per heavy atom. The Labute approximate surface area is 314 Å². The fourth-order valence-corrected chi connectivity index (χ4v) is 5.84. The first-order valence-electron chi connectivity index (χ1n) is 16.3. The van der Waals surface area contributed by atoms with Crippen LogP contribution in [0.1, 0.15) is 11.6 Å². The van der Waals surface area contributed by atoms with Gasteiger partial charge in [-0.3, -0.25) is 9.13 Å². The van der Waals surface area contributed by atoms with E-state index >= 15 is 0 Å². The molecule has 8 aromatic rings. The number of aromatic nitrogens is 8. The van der Waals surface area contributed by atoms with Crippen molar-refractivity contribution < 1.29 is 22.3 Å². The van der Waals surface area contributed by atoms with Crippen LogP contribution in [0, 0.1) is 37.1 Å². The maximum absolute atomic E-state index is 14.5. The van der Waals surface area contributed by atoms with Crippen molar-refractivity contribution in [3.8, 4) is 17.6 Å². The minimum absolute atomic E-state index is 0.0732. The molecule has 18 heteroatoms. The first-order valence-corrected chi connectivity index (χ1v) is 16.7. The molecule has 0 aliphatic heterocycles. The minimum atomic E-state index is -0.799. The van der Waals surface area contributed by atoms with Gasteiger partial charge >= 0.3 is 0 Å². The third kappa shape index (κ3) is 7.45. The Hall–Kier alpha value is -7.01. The van der Waals surface area contributed by atoms with Crippen LogP contribution < -0.4 is 26.8 Å². The van der Waals surface area contributed by atoms with E-state index in [0.29, 0.717) is 55.9 Å². The van der Waals surface area contributed by atoms with Crippen LogP contribution in [0.15, 0.2) is 84.9 Å². The van der Waals surface area contributed by atoms with Crippen LogP contribution in [0.5, 0.6) is 5.75 Å². The molecule has 4 aromatic carbocycles. The van der Waals surface area contributed by atoms with E-state index in [1.54, 1.807) is 74.5 Å². The summed E-state index contributed by atoms with van der Waals surface area (Å²) in [5.41, 5.74) is 14.6. The Balaban J connectivity index is 0.000000169. The highest BCUT2D eigenvalue weighted by Gasteiger charge is 2.20. The number of fused-ring (bicyclic) bond motifs is 2. The lowest BCUT2D eigenvalue weighted by molar-refractivity contribution is 0.415. The second kappa shape index (κ2) is 14.8. The molecule has 278 valence electrons. The van der Waals surface area contributed by atoms with Gasteiger partial charge in [0.2, 0.25) is 23.5 Å². The summed E-state index contributed by atoms with van der Waals surface area (Å²) in [5.74, 6) is -1.62. The van der Waals surface area contributed by atoms with Crippen LogP contribution in [-0.2, 0) is 0 Å². The van der Waals surface area contributed by atoms with Crippen LogP contribution in [0.2, 0.25) is 5.02 Å². The van der Waals surface area contributed by atoms with E-state index in [4.69, 9.17) is 27.8 Å². The molecule has 13 nitrogen and oxygen atoms in total. The van der Waals surface area contributed by atoms with E-state index < -0.39 is 23.3 Å². The number of methoxy groups -OCH3 is 1. The highest BCUT2D eigenvalue weighted by molar-refractivity contribution is 6.30. The number of nitrogens with zero attached hydrogens (tertiary/aromatic N) is 8. The zero-order valence-corrected chi connectivity index (χ0v) is 29.9. The highest BCUT2D eigenvalue weighted by atomic mass is 35.5. The predicted octanol–water partition coefficient (Wildman–Crippen LogP) is 8.12. The molecule has 0 unspecified atom stereocenters. The van der Waals surface area contributed by atoms with Gasteiger partial charge in [0.25, 0.3) is 0 Å². The second-order valence-corrected chi connectivity index (χ2v) is 12.3. The van der Waals surface area contributed by atoms with Gasteiger partial charge in [-0.05, 0) is 68.4 Å². The zero-order valence-electron chi connectivity index (χ0n) is 29.1. The lowest BCUT2D eigenvalue weighted by atomic mass is 10.3. The molecule has 0 bridgehead atoms. The molecule has 4 aromatic heterocycles. The molecule has 0 radical (unpaired) electrons. The molecule has 0 amide bonds. The largest absolute Gasteiger partial charge is 0.497 e. The molecule has 6 N–H and O–H groups in total. The van der Waals surface area contributed by atoms with E-state index in [-0.39, 0.29) is 35.2 Å². The second-order valence-electron chi connectivity index (χ2n) is 11.9. The van der Waals surface area contributed by atoms with Crippen LogP contribution in [0.3, 0.4) is 0 Å². The van der Waals surface area contributed by atoms with Gasteiger partial charge < -0.3 is 26.8 Å². The quantitative estimate of drug-likeness (QED) is 0.115. The summed E-state index contributed by atoms with van der Waals surface area (Å²) in [6, 6.07) is 22.0. The summed E-state index contributed by atoms with van der Waals surface area (Å²) in [5, 5.41) is 6.19. The number of hydrogen-bond donors (Lipinski definition) is 4. The fourth-order valence-electron chi connectivity index (χ4n) is 5.65. The van der Waals surface area contributed by atoms with E-state index in [0.717, 1.165) is 0 Å². The van der Waals surface area contributed by atoms with Gasteiger partial charge in [-0.25, -0.2) is 18.7 Å². The van der Waals surface area contributed by atoms with Crippen molar-refractivity contribution in [1.29, 1.82) is 0 Å². The molecule has 0 spiro atoms. The van der Waals surface area contributed by atoms with Crippen LogP contribution >= 0.6 is 11.6 Å². The SMILES string of the molecule is COc1cccc(Nc2nc(-n3c(C)nc4ccc(F)cc43)nc(N)c2F)c1.Cc1nc2ccc(F)cc2n1-c1nc(N)c(F)c(Nc2cccc(Cl)c2)n1. The maximum atomic E-state index is 14.5. The van der Waals surface area contributed by atoms with Crippen molar-refractivity contribution >= 4 is 68.3 Å². The van der Waals surface area contributed by atoms with Gasteiger partial charge in [0.1, 0.15) is 29.0 Å². The number of nitrogens with one attached hydrogen (secondary N) is 2. The van der Waals surface area contributed by atoms with Crippen LogP contribution in [0.4, 0.5) is 52.2 Å². The fraction of sp³-hybridized carbons (Fsp3) is 0.0811. The van der Waals surface area contributed by atoms with Crippen molar-refractivity contribution in [3.63, 3.8) is 0 Å². The predicted molar refractivity (Wildman–Crippen MR) is 202 cm³/mol. The number of anilines is 6. The van der Waals surface area contributed by atoms with Gasteiger partial charge in [0.05, 0.1) is 29.2 Å². The molecule has 0 saturated carbocycles. The smallest absolute Gasteiger partial charge is 0.239 e. The van der Waals surface area contributed by atoms with E-state index in [1.807, 2.05) is 0 Å². The minimum Gasteiger partial charge on any atom is -0.497 e. The summed E-state index contributed by atoms with van der Waals surface area (Å²) in [6.07, 6.45) is 0. The first kappa shape index (κ1) is 36.4. The third-order valence-corrected chi connectivity index (χ3v) is 8.35. The van der Waals surface area contributed by atoms with Crippen molar-refractivity contribution in [2.24, 2.45) is 0 Å². The third-order valence-electron chi connectivity index (χ3n) is 8.12. The number of aryl methyl sites for hydroxylation is 2. The molecule has 0 aliphatic carbocycles. The Bertz CT molecular complexity index is 2740. The zero-order chi connectivity index (χ0) is 39.0. The molecule has 0 aliphatic rings. The summed E-state index contributed by atoms with van der Waals surface area (Å²) in [4.78, 5) is 25.2. The number of imidazole rings is 2. The molecular formula is C37H29ClF4N12O. The average Bonchev–Trinajstić information content (AvgIpc) is 3.66. The van der Waals surface area contributed by atoms with Gasteiger partial charge in [0.15, 0.2) is 23.3 Å². The Kier molecular flexibility index (Phi) is 9.77. The number of nitrogen functional groups attached to an aromatic ring is 2. The molecular weight excluding hydrogens is 740 g/mol. The normalized spacial score (nSPS) is 11.1. The average molecular weight is 769 g/mol. The lowest BCUT2D eigenvalue weighted by Crippen LogP contribution is -2.10. The molecule has 0 fully saturated rings. The summed E-state index contributed by atoms with van der Waals surface area (Å²) < 4.78 is 64.6. The first-order chi connectivity index (χ1) is 26.4. The topological polar surface area (TPSA) is 173 Å². The van der Waals surface area contributed by atoms with Crippen molar-refractivity contribution in [3.05, 3.63) is 125 Å². The van der Waals surface area contributed by atoms with Crippen LogP contribution in [0.25, 0.3) is 34.0 Å². The monoisotopic (exact) mass is 768 g/mol. The van der Waals surface area contributed by atoms with Gasteiger partial charge in [-0.15, -0.1) is 0 Å². The summed E-state index contributed by atoms with van der Waals surface area (Å²) >= 11 is 5.96. The number of ether oxygens (including phenoxy) is 1. The molecule has 55 heavy (non-hydrogen) atoms. The number of nitrogens with two attached hydrogens (primary N) is 2. The molecule has 0 saturated heterocycles. The number of benzene rings is 4. The van der Waals surface area contributed by atoms with Crippen LogP contribution in [-0.4, -0.2) is 46.1 Å². The lowest BCUT2D eigenvalue weighted by Gasteiger charge is -2.12. The number of hydrogen-bond acceptors (Lipinski definition) is 11. The van der Waals surface area contributed by atoms with E-state index in [9.17, 15) is 17.6 Å². The standard InChI is InChI=1S/C19H16F2N6O.C18H13ClF2N6/c1-10-23-14-7-6-11(20)8-15(14)27(10)19-25-17(22)16(21)18(26-19)24-12-4-3-5-13(9-12)28-2;1-9-23-13-6-5-11(20)8-14(13)27(9)18-25-16(22)15(21)17(26-18)24-12-4-2-3-10(19)7-12/h3-9H,1-2H3,(H3,22,24,25,26);2-8H,1H3,(H3,22,24,25,26). The highest BCUT2D eigenvalue weighted by Crippen LogP contribution is 2.29. The number of rotatable bonds is 7. The Morgan fingerprint density at radius 1 is 0.600 bits per heavy atom.